The number of nitrogens with zero attached hydrogens (tertiary/aromatic N) is 1. The monoisotopic (exact) mass is 392 g/mol. The number of carbonyl (C=O) groups is 2. The van der Waals surface area contributed by atoms with Crippen molar-refractivity contribution in [2.24, 2.45) is 5.73 Å². The minimum atomic E-state index is -0.585. The summed E-state index contributed by atoms with van der Waals surface area (Å²) >= 11 is 1.28. The number of carbonyl (C=O) groups excluding carboxylic acids is 2. The van der Waals surface area contributed by atoms with E-state index >= 15 is 0 Å². The lowest BCUT2D eigenvalue weighted by Gasteiger charge is -2.47. The number of amides is 1. The third kappa shape index (κ3) is 3.25. The Morgan fingerprint density at radius 3 is 2.25 bits per heavy atom. The Bertz CT molecular complexity index is 903. The molecule has 0 radical (unpaired) electrons. The summed E-state index contributed by atoms with van der Waals surface area (Å²) in [6.07, 6.45) is 1.08. The van der Waals surface area contributed by atoms with Gasteiger partial charge in [-0.3, -0.25) is 4.79 Å². The zero-order valence-corrected chi connectivity index (χ0v) is 16.0. The van der Waals surface area contributed by atoms with Gasteiger partial charge in [0.1, 0.15) is 11.4 Å². The predicted octanol–water partition coefficient (Wildman–Crippen LogP) is 3.00. The van der Waals surface area contributed by atoms with E-state index in [1.165, 1.54) is 11.8 Å². The van der Waals surface area contributed by atoms with Crippen LogP contribution < -0.4 is 5.73 Å². The number of rotatable bonds is 5. The van der Waals surface area contributed by atoms with E-state index < -0.39 is 18.1 Å². The van der Waals surface area contributed by atoms with Gasteiger partial charge in [0.2, 0.25) is 5.91 Å². The first-order chi connectivity index (χ1) is 13.6. The van der Waals surface area contributed by atoms with Crippen molar-refractivity contribution >= 4 is 23.6 Å². The van der Waals surface area contributed by atoms with Crippen LogP contribution in [0.3, 0.4) is 0 Å². The lowest BCUT2D eigenvalue weighted by atomic mass is 10.0. The first-order valence-electron chi connectivity index (χ1n) is 8.99. The highest BCUT2D eigenvalue weighted by atomic mass is 32.2. The molecule has 0 aliphatic carbocycles. The van der Waals surface area contributed by atoms with Crippen molar-refractivity contribution in [3.8, 4) is 0 Å². The zero-order chi connectivity index (χ0) is 19.7. The highest BCUT2D eigenvalue weighted by Gasteiger charge is 2.49. The van der Waals surface area contributed by atoms with E-state index in [4.69, 9.17) is 10.5 Å². The molecule has 2 aromatic carbocycles. The first-order valence-corrected chi connectivity index (χ1v) is 9.87. The minimum Gasteiger partial charge on any atom is -0.449 e. The van der Waals surface area contributed by atoms with Crippen LogP contribution in [-0.2, 0) is 14.3 Å². The second kappa shape index (κ2) is 7.66. The van der Waals surface area contributed by atoms with Crippen LogP contribution in [0.5, 0.6) is 0 Å². The van der Waals surface area contributed by atoms with E-state index in [-0.39, 0.29) is 11.3 Å². The molecule has 2 N–H and O–H groups in total. The summed E-state index contributed by atoms with van der Waals surface area (Å²) < 4.78 is 5.95. The van der Waals surface area contributed by atoms with Gasteiger partial charge in [-0.1, -0.05) is 85.1 Å². The summed E-state index contributed by atoms with van der Waals surface area (Å²) in [5.74, 6) is -0.528. The van der Waals surface area contributed by atoms with Gasteiger partial charge in [-0.2, -0.15) is 0 Å². The van der Waals surface area contributed by atoms with E-state index in [2.05, 4.69) is 6.58 Å². The molecule has 1 fully saturated rings. The van der Waals surface area contributed by atoms with Crippen molar-refractivity contribution < 1.29 is 14.3 Å². The van der Waals surface area contributed by atoms with Crippen LogP contribution in [0, 0.1) is 0 Å². The molecule has 2 atom stereocenters. The number of β-lactam (4-membered cyclic amide) rings is 1. The van der Waals surface area contributed by atoms with Crippen LogP contribution in [0.4, 0.5) is 0 Å². The average Bonchev–Trinajstić information content (AvgIpc) is 2.76. The van der Waals surface area contributed by atoms with E-state index in [1.54, 1.807) is 11.0 Å². The largest absolute Gasteiger partial charge is 0.449 e. The zero-order valence-electron chi connectivity index (χ0n) is 15.2. The normalized spacial score (nSPS) is 21.2. The van der Waals surface area contributed by atoms with E-state index in [1.807, 2.05) is 60.7 Å². The van der Waals surface area contributed by atoms with Gasteiger partial charge in [0.25, 0.3) is 0 Å². The van der Waals surface area contributed by atoms with Crippen LogP contribution in [0.25, 0.3) is 0 Å². The van der Waals surface area contributed by atoms with E-state index in [0.717, 1.165) is 11.1 Å². The average molecular weight is 392 g/mol. The van der Waals surface area contributed by atoms with Gasteiger partial charge in [0, 0.05) is 6.54 Å². The van der Waals surface area contributed by atoms with Crippen molar-refractivity contribution in [2.45, 2.75) is 17.5 Å². The van der Waals surface area contributed by atoms with E-state index in [0.29, 0.717) is 17.0 Å². The maximum absolute atomic E-state index is 13.1. The molecule has 1 amide bonds. The maximum atomic E-state index is 13.1. The minimum absolute atomic E-state index is 0.101. The number of benzene rings is 2. The van der Waals surface area contributed by atoms with Crippen LogP contribution in [0.15, 0.2) is 83.8 Å². The summed E-state index contributed by atoms with van der Waals surface area (Å²) in [5.41, 5.74) is 8.36. The van der Waals surface area contributed by atoms with Crippen LogP contribution in [0.2, 0.25) is 0 Å². The molecule has 0 aromatic heterocycles. The number of thioether (sulfide) groups is 1. The molecule has 6 heteroatoms. The van der Waals surface area contributed by atoms with Gasteiger partial charge in [0.05, 0.1) is 4.91 Å². The van der Waals surface area contributed by atoms with Crippen molar-refractivity contribution in [1.82, 2.24) is 4.90 Å². The summed E-state index contributed by atoms with van der Waals surface area (Å²) in [4.78, 5) is 27.1. The summed E-state index contributed by atoms with van der Waals surface area (Å²) in [6, 6.07) is 18.7. The Morgan fingerprint density at radius 2 is 1.71 bits per heavy atom. The van der Waals surface area contributed by atoms with Gasteiger partial charge in [-0.15, -0.1) is 0 Å². The molecule has 4 rings (SSSR count). The highest BCUT2D eigenvalue weighted by molar-refractivity contribution is 8.04. The van der Waals surface area contributed by atoms with Gasteiger partial charge < -0.3 is 15.4 Å². The lowest BCUT2D eigenvalue weighted by molar-refractivity contribution is -0.145. The number of ether oxygens (including phenoxy) is 1. The molecular weight excluding hydrogens is 372 g/mol. The van der Waals surface area contributed by atoms with Crippen molar-refractivity contribution in [1.29, 1.82) is 0 Å². The number of fused-ring (bicyclic) bond motifs is 1. The molecule has 1 saturated heterocycles. The SMILES string of the molecule is C=CC1=C(C(=O)OC(c2ccccc2)c2ccccc2)S[C@H]2[C@H](N)C(=O)N2C1. The molecule has 5 nitrogen and oxygen atoms in total. The van der Waals surface area contributed by atoms with Crippen LogP contribution in [-0.4, -0.2) is 34.7 Å². The molecule has 142 valence electrons. The number of esters is 1. The number of hydrogen-bond acceptors (Lipinski definition) is 5. The Balaban J connectivity index is 1.63. The number of nitrogens with two attached hydrogens (primary N) is 1. The number of hydrogen-bond donors (Lipinski definition) is 1. The summed E-state index contributed by atoms with van der Waals surface area (Å²) in [6.45, 7) is 4.12. The smallest absolute Gasteiger partial charge is 0.345 e. The van der Waals surface area contributed by atoms with Crippen LogP contribution in [0.1, 0.15) is 17.2 Å². The second-order valence-electron chi connectivity index (χ2n) is 6.67. The standard InChI is InChI=1S/C22H20N2O3S/c1-2-14-13-24-20(25)17(23)21(24)28-19(14)22(26)27-18(15-9-5-3-6-10-15)16-11-7-4-8-12-16/h2-12,17-18,21H,1,13,23H2/t17-,21+/m1/s1. The Hall–Kier alpha value is -2.83. The molecule has 2 heterocycles. The van der Waals surface area contributed by atoms with E-state index in [9.17, 15) is 9.59 Å². The summed E-state index contributed by atoms with van der Waals surface area (Å²) in [7, 11) is 0. The second-order valence-corrected chi connectivity index (χ2v) is 7.79. The quantitative estimate of drug-likeness (QED) is 0.626. The predicted molar refractivity (Wildman–Crippen MR) is 109 cm³/mol. The summed E-state index contributed by atoms with van der Waals surface area (Å²) in [5, 5.41) is -0.231. The third-order valence-corrected chi connectivity index (χ3v) is 6.37. The lowest BCUT2D eigenvalue weighted by Crippen LogP contribution is -2.68. The Kier molecular flexibility index (Phi) is 5.07. The van der Waals surface area contributed by atoms with Gasteiger partial charge in [-0.05, 0) is 16.7 Å². The molecule has 0 bridgehead atoms. The highest BCUT2D eigenvalue weighted by Crippen LogP contribution is 2.42. The fraction of sp³-hybridized carbons (Fsp3) is 0.182. The third-order valence-electron chi connectivity index (χ3n) is 4.91. The fourth-order valence-corrected chi connectivity index (χ4v) is 4.64. The molecule has 0 saturated carbocycles. The molecule has 2 aliphatic heterocycles. The van der Waals surface area contributed by atoms with Gasteiger partial charge >= 0.3 is 5.97 Å². The maximum Gasteiger partial charge on any atom is 0.345 e. The first kappa shape index (κ1) is 18.5. The van der Waals surface area contributed by atoms with Gasteiger partial charge in [-0.25, -0.2) is 4.79 Å². The fourth-order valence-electron chi connectivity index (χ4n) is 3.39. The van der Waals surface area contributed by atoms with Crippen molar-refractivity contribution in [3.63, 3.8) is 0 Å². The molecule has 0 unspecified atom stereocenters. The Morgan fingerprint density at radius 1 is 1.14 bits per heavy atom. The topological polar surface area (TPSA) is 72.6 Å². The molecule has 2 aliphatic rings. The molecule has 0 spiro atoms. The molecule has 2 aromatic rings. The van der Waals surface area contributed by atoms with Crippen LogP contribution >= 0.6 is 11.8 Å². The molecular formula is C22H20N2O3S. The van der Waals surface area contributed by atoms with Crippen molar-refractivity contribution in [3.05, 3.63) is 94.9 Å². The van der Waals surface area contributed by atoms with Gasteiger partial charge in [0.15, 0.2) is 6.10 Å². The van der Waals surface area contributed by atoms with Crippen molar-refractivity contribution in [2.75, 3.05) is 6.54 Å². The molecule has 28 heavy (non-hydrogen) atoms. The Labute approximate surface area is 167 Å².